The van der Waals surface area contributed by atoms with Crippen LogP contribution in [0.2, 0.25) is 0 Å². The highest BCUT2D eigenvalue weighted by Gasteiger charge is 2.25. The van der Waals surface area contributed by atoms with Crippen LogP contribution in [0, 0.1) is 11.8 Å². The van der Waals surface area contributed by atoms with Gasteiger partial charge in [-0.2, -0.15) is 0 Å². The summed E-state index contributed by atoms with van der Waals surface area (Å²) < 4.78 is 53.9. The first-order chi connectivity index (χ1) is 13.8. The van der Waals surface area contributed by atoms with Crippen LogP contribution in [0.5, 0.6) is 11.5 Å². The smallest absolute Gasteiger partial charge is 0.153 e. The van der Waals surface area contributed by atoms with E-state index in [1.165, 1.54) is 6.26 Å². The van der Waals surface area contributed by atoms with Crippen molar-refractivity contribution in [2.75, 3.05) is 31.0 Å². The van der Waals surface area contributed by atoms with E-state index in [1.807, 2.05) is 36.4 Å². The van der Waals surface area contributed by atoms with E-state index in [0.717, 1.165) is 11.1 Å². The molecular weight excluding hydrogens is 412 g/mol. The van der Waals surface area contributed by atoms with Gasteiger partial charge >= 0.3 is 0 Å². The normalized spacial score (nSPS) is 16.3. The third kappa shape index (κ3) is 6.32. The van der Waals surface area contributed by atoms with Crippen molar-refractivity contribution in [1.29, 1.82) is 0 Å². The predicted octanol–water partition coefficient (Wildman–Crippen LogP) is 2.60. The molecule has 0 radical (unpaired) electrons. The molecule has 8 heteroatoms. The molecule has 1 heterocycles. The Labute approximate surface area is 173 Å². The van der Waals surface area contributed by atoms with Gasteiger partial charge < -0.3 is 14.0 Å². The van der Waals surface area contributed by atoms with Crippen molar-refractivity contribution in [2.45, 2.75) is 12.3 Å². The molecule has 1 aliphatic heterocycles. The van der Waals surface area contributed by atoms with Crippen molar-refractivity contribution in [1.82, 2.24) is 0 Å². The van der Waals surface area contributed by atoms with Crippen LogP contribution in [0.15, 0.2) is 42.5 Å². The van der Waals surface area contributed by atoms with Crippen LogP contribution >= 0.6 is 0 Å². The number of hydrogen-bond acceptors (Lipinski definition) is 5. The highest BCUT2D eigenvalue weighted by molar-refractivity contribution is 7.90. The average Bonchev–Trinajstić information content (AvgIpc) is 3.05. The maximum atomic E-state index is 11.2. The van der Waals surface area contributed by atoms with Crippen molar-refractivity contribution in [3.8, 4) is 23.3 Å². The topological polar surface area (TPSA) is 89.9 Å². The fourth-order valence-corrected chi connectivity index (χ4v) is 4.27. The van der Waals surface area contributed by atoms with Gasteiger partial charge in [-0.25, -0.2) is 12.6 Å². The molecule has 2 unspecified atom stereocenters. The second kappa shape index (κ2) is 9.44. The standard InChI is InChI=1S/C21H22O6S2/c1-29(24,25)12-4-11-26-20-6-3-2-5-17(20)9-7-16-8-10-19-18(15-28(22)23)14-27-21(19)13-16/h2-3,5-6,8,10,13,18H,4,11-12,14-15H2,1H3,(H,22,23). The Morgan fingerprint density at radius 3 is 2.79 bits per heavy atom. The van der Waals surface area contributed by atoms with Gasteiger partial charge in [0.05, 0.1) is 30.3 Å². The van der Waals surface area contributed by atoms with E-state index in [4.69, 9.17) is 14.0 Å². The molecule has 2 aromatic rings. The summed E-state index contributed by atoms with van der Waals surface area (Å²) >= 11 is -1.86. The van der Waals surface area contributed by atoms with Gasteiger partial charge in [-0.05, 0) is 30.7 Å². The third-order valence-corrected chi connectivity index (χ3v) is 6.10. The van der Waals surface area contributed by atoms with Crippen LogP contribution in [0.3, 0.4) is 0 Å². The SMILES string of the molecule is CS(=O)(=O)CCCOc1ccccc1C#Cc1ccc2c(c1)OCC2CS(=O)O. The van der Waals surface area contributed by atoms with Crippen LogP contribution in [0.4, 0.5) is 0 Å². The highest BCUT2D eigenvalue weighted by Crippen LogP contribution is 2.34. The Kier molecular flexibility index (Phi) is 6.96. The lowest BCUT2D eigenvalue weighted by Gasteiger charge is -2.07. The minimum atomic E-state index is -3.00. The van der Waals surface area contributed by atoms with E-state index in [2.05, 4.69) is 11.8 Å². The molecule has 0 saturated carbocycles. The number of rotatable bonds is 7. The van der Waals surface area contributed by atoms with E-state index in [9.17, 15) is 12.6 Å². The third-order valence-electron chi connectivity index (χ3n) is 4.38. The second-order valence-electron chi connectivity index (χ2n) is 6.83. The van der Waals surface area contributed by atoms with Gasteiger partial charge in [-0.3, -0.25) is 0 Å². The molecule has 1 N–H and O–H groups in total. The molecule has 29 heavy (non-hydrogen) atoms. The molecule has 154 valence electrons. The van der Waals surface area contributed by atoms with E-state index < -0.39 is 20.9 Å². The fraction of sp³-hybridized carbons (Fsp3) is 0.333. The molecule has 0 aromatic heterocycles. The number of para-hydroxylation sites is 1. The summed E-state index contributed by atoms with van der Waals surface area (Å²) in [5.74, 6) is 7.62. The first-order valence-corrected chi connectivity index (χ1v) is 12.4. The zero-order chi connectivity index (χ0) is 20.9. The lowest BCUT2D eigenvalue weighted by Crippen LogP contribution is -2.10. The number of fused-ring (bicyclic) bond motifs is 1. The summed E-state index contributed by atoms with van der Waals surface area (Å²) in [7, 11) is -3.00. The molecule has 3 rings (SSSR count). The number of hydrogen-bond donors (Lipinski definition) is 1. The summed E-state index contributed by atoms with van der Waals surface area (Å²) in [5.41, 5.74) is 2.40. The van der Waals surface area contributed by atoms with Gasteiger partial charge in [0.1, 0.15) is 21.3 Å². The summed E-state index contributed by atoms with van der Waals surface area (Å²) in [6.07, 6.45) is 1.63. The Hall–Kier alpha value is -2.34. The summed E-state index contributed by atoms with van der Waals surface area (Å²) in [5, 5.41) is 0. The van der Waals surface area contributed by atoms with E-state index in [-0.39, 0.29) is 17.4 Å². The van der Waals surface area contributed by atoms with Crippen molar-refractivity contribution in [3.63, 3.8) is 0 Å². The van der Waals surface area contributed by atoms with Crippen LogP contribution in [-0.4, -0.2) is 48.2 Å². The molecule has 0 spiro atoms. The molecular formula is C21H22O6S2. The maximum absolute atomic E-state index is 11.2. The van der Waals surface area contributed by atoms with Crippen molar-refractivity contribution in [2.24, 2.45) is 0 Å². The predicted molar refractivity (Wildman–Crippen MR) is 113 cm³/mol. The lowest BCUT2D eigenvalue weighted by atomic mass is 10.0. The first kappa shape index (κ1) is 21.4. The fourth-order valence-electron chi connectivity index (χ4n) is 3.00. The van der Waals surface area contributed by atoms with Gasteiger partial charge in [-0.15, -0.1) is 0 Å². The van der Waals surface area contributed by atoms with Gasteiger partial charge in [0.2, 0.25) is 0 Å². The van der Waals surface area contributed by atoms with Gasteiger partial charge in [-0.1, -0.05) is 30.0 Å². The molecule has 0 amide bonds. The molecule has 0 aliphatic carbocycles. The van der Waals surface area contributed by atoms with Crippen LogP contribution in [0.25, 0.3) is 0 Å². The van der Waals surface area contributed by atoms with Crippen molar-refractivity contribution >= 4 is 20.9 Å². The van der Waals surface area contributed by atoms with Crippen LogP contribution in [0.1, 0.15) is 29.0 Å². The Morgan fingerprint density at radius 2 is 2.03 bits per heavy atom. The average molecular weight is 435 g/mol. The zero-order valence-electron chi connectivity index (χ0n) is 16.0. The van der Waals surface area contributed by atoms with Crippen molar-refractivity contribution < 1.29 is 26.7 Å². The van der Waals surface area contributed by atoms with Gasteiger partial charge in [0, 0.05) is 23.3 Å². The second-order valence-corrected chi connectivity index (χ2v) is 10.1. The van der Waals surface area contributed by atoms with Crippen LogP contribution < -0.4 is 9.47 Å². The molecule has 0 bridgehead atoms. The number of ether oxygens (including phenoxy) is 2. The lowest BCUT2D eigenvalue weighted by molar-refractivity contribution is 0.317. The zero-order valence-corrected chi connectivity index (χ0v) is 17.6. The Bertz CT molecular complexity index is 1070. The first-order valence-electron chi connectivity index (χ1n) is 9.07. The molecule has 0 fully saturated rings. The van der Waals surface area contributed by atoms with Gasteiger partial charge in [0.15, 0.2) is 11.1 Å². The van der Waals surface area contributed by atoms with E-state index in [0.29, 0.717) is 36.7 Å². The van der Waals surface area contributed by atoms with Gasteiger partial charge in [0.25, 0.3) is 0 Å². The molecule has 0 saturated heterocycles. The number of benzene rings is 2. The Balaban J connectivity index is 1.70. The van der Waals surface area contributed by atoms with Crippen LogP contribution in [-0.2, 0) is 20.9 Å². The summed E-state index contributed by atoms with van der Waals surface area (Å²) in [6.45, 7) is 0.689. The minimum absolute atomic E-state index is 0.0842. The molecule has 2 aromatic carbocycles. The summed E-state index contributed by atoms with van der Waals surface area (Å²) in [4.78, 5) is 0. The molecule has 2 atom stereocenters. The molecule has 6 nitrogen and oxygen atoms in total. The Morgan fingerprint density at radius 1 is 1.24 bits per heavy atom. The highest BCUT2D eigenvalue weighted by atomic mass is 32.2. The summed E-state index contributed by atoms with van der Waals surface area (Å²) in [6, 6.07) is 12.9. The largest absolute Gasteiger partial charge is 0.493 e. The quantitative estimate of drug-likeness (QED) is 0.409. The van der Waals surface area contributed by atoms with E-state index in [1.54, 1.807) is 6.07 Å². The maximum Gasteiger partial charge on any atom is 0.153 e. The van der Waals surface area contributed by atoms with E-state index >= 15 is 0 Å². The number of sulfone groups is 1. The van der Waals surface area contributed by atoms with Crippen molar-refractivity contribution in [3.05, 3.63) is 59.2 Å². The minimum Gasteiger partial charge on any atom is -0.493 e. The molecule has 1 aliphatic rings. The monoisotopic (exact) mass is 434 g/mol.